The van der Waals surface area contributed by atoms with Crippen molar-refractivity contribution in [3.05, 3.63) is 24.3 Å². The number of hydrogen-bond donors (Lipinski definition) is 1. The summed E-state index contributed by atoms with van der Waals surface area (Å²) in [6.45, 7) is 6.19. The number of anilines is 2. The summed E-state index contributed by atoms with van der Waals surface area (Å²) in [4.78, 5) is 28.7. The Bertz CT molecular complexity index is 587. The summed E-state index contributed by atoms with van der Waals surface area (Å²) in [6, 6.07) is 7.28. The van der Waals surface area contributed by atoms with Gasteiger partial charge in [0.25, 0.3) is 0 Å². The Kier molecular flexibility index (Phi) is 4.16. The predicted octanol–water partition coefficient (Wildman–Crippen LogP) is 2.09. The first-order chi connectivity index (χ1) is 10.6. The summed E-state index contributed by atoms with van der Waals surface area (Å²) in [6.07, 6.45) is 2.36. The van der Waals surface area contributed by atoms with Crippen molar-refractivity contribution in [1.29, 1.82) is 0 Å². The highest BCUT2D eigenvalue weighted by molar-refractivity contribution is 6.11. The van der Waals surface area contributed by atoms with Crippen LogP contribution < -0.4 is 10.2 Å². The standard InChI is InChI=1S/C17H23N3O2/c1-12-6-5-9-19(10-12)13(2)17(22)20-11-16(21)18-14-7-3-4-8-15(14)20/h3-4,7-8,12-13H,5-6,9-11H2,1-2H3,(H,18,21)/t12-,13+/m1/s1. The first-order valence-corrected chi connectivity index (χ1v) is 8.00. The lowest BCUT2D eigenvalue weighted by molar-refractivity contribution is -0.126. The Balaban J connectivity index is 1.81. The summed E-state index contributed by atoms with van der Waals surface area (Å²) in [5, 5.41) is 2.82. The summed E-state index contributed by atoms with van der Waals surface area (Å²) < 4.78 is 0. The van der Waals surface area contributed by atoms with Crippen LogP contribution in [0.5, 0.6) is 0 Å². The zero-order chi connectivity index (χ0) is 15.7. The fourth-order valence-corrected chi connectivity index (χ4v) is 3.39. The second-order valence-electron chi connectivity index (χ2n) is 6.41. The van der Waals surface area contributed by atoms with Crippen LogP contribution >= 0.6 is 0 Å². The molecule has 3 rings (SSSR count). The molecule has 2 aliphatic heterocycles. The summed E-state index contributed by atoms with van der Waals surface area (Å²) >= 11 is 0. The first kappa shape index (κ1) is 15.0. The monoisotopic (exact) mass is 301 g/mol. The van der Waals surface area contributed by atoms with Crippen molar-refractivity contribution in [1.82, 2.24) is 4.90 Å². The number of amides is 2. The quantitative estimate of drug-likeness (QED) is 0.910. The van der Waals surface area contributed by atoms with Gasteiger partial charge in [-0.15, -0.1) is 0 Å². The van der Waals surface area contributed by atoms with E-state index in [2.05, 4.69) is 17.1 Å². The molecule has 2 heterocycles. The molecule has 5 heteroatoms. The Hall–Kier alpha value is -1.88. The van der Waals surface area contributed by atoms with Gasteiger partial charge >= 0.3 is 0 Å². The van der Waals surface area contributed by atoms with E-state index in [0.29, 0.717) is 11.6 Å². The minimum atomic E-state index is -0.193. The van der Waals surface area contributed by atoms with Gasteiger partial charge < -0.3 is 5.32 Å². The average molecular weight is 301 g/mol. The molecule has 1 N–H and O–H groups in total. The highest BCUT2D eigenvalue weighted by Gasteiger charge is 2.33. The van der Waals surface area contributed by atoms with Crippen molar-refractivity contribution in [2.45, 2.75) is 32.7 Å². The molecule has 2 atom stereocenters. The van der Waals surface area contributed by atoms with Gasteiger partial charge in [-0.1, -0.05) is 19.1 Å². The van der Waals surface area contributed by atoms with E-state index in [1.165, 1.54) is 6.42 Å². The maximum absolute atomic E-state index is 12.9. The SMILES string of the molecule is C[C@@H]1CCCN([C@@H](C)C(=O)N2CC(=O)Nc3ccccc32)C1. The molecule has 2 amide bonds. The highest BCUT2D eigenvalue weighted by atomic mass is 16.2. The molecule has 0 bridgehead atoms. The second kappa shape index (κ2) is 6.08. The maximum atomic E-state index is 12.9. The molecule has 0 unspecified atom stereocenters. The van der Waals surface area contributed by atoms with Gasteiger partial charge in [-0.3, -0.25) is 19.4 Å². The summed E-state index contributed by atoms with van der Waals surface area (Å²) in [5.74, 6) is 0.503. The number of para-hydroxylation sites is 2. The van der Waals surface area contributed by atoms with Gasteiger partial charge in [0, 0.05) is 6.54 Å². The van der Waals surface area contributed by atoms with E-state index >= 15 is 0 Å². The molecular formula is C17H23N3O2. The molecule has 1 aromatic carbocycles. The van der Waals surface area contributed by atoms with Crippen LogP contribution in [0.25, 0.3) is 0 Å². The topological polar surface area (TPSA) is 52.7 Å². The first-order valence-electron chi connectivity index (χ1n) is 8.00. The van der Waals surface area contributed by atoms with Crippen molar-refractivity contribution in [3.8, 4) is 0 Å². The fourth-order valence-electron chi connectivity index (χ4n) is 3.39. The number of carbonyl (C=O) groups excluding carboxylic acids is 2. The van der Waals surface area contributed by atoms with Crippen molar-refractivity contribution in [2.24, 2.45) is 5.92 Å². The summed E-state index contributed by atoms with van der Waals surface area (Å²) in [7, 11) is 0. The van der Waals surface area contributed by atoms with Crippen molar-refractivity contribution < 1.29 is 9.59 Å². The van der Waals surface area contributed by atoms with E-state index in [1.54, 1.807) is 4.90 Å². The molecule has 0 aliphatic carbocycles. The van der Waals surface area contributed by atoms with E-state index in [9.17, 15) is 9.59 Å². The number of likely N-dealkylation sites (tertiary alicyclic amines) is 1. The number of rotatable bonds is 2. The average Bonchev–Trinajstić information content (AvgIpc) is 2.52. The number of carbonyl (C=O) groups is 2. The third kappa shape index (κ3) is 2.86. The van der Waals surface area contributed by atoms with Crippen molar-refractivity contribution in [3.63, 3.8) is 0 Å². The summed E-state index contributed by atoms with van der Waals surface area (Å²) in [5.41, 5.74) is 1.51. The lowest BCUT2D eigenvalue weighted by Gasteiger charge is -2.38. The smallest absolute Gasteiger partial charge is 0.244 e. The van der Waals surface area contributed by atoms with Gasteiger partial charge in [0.2, 0.25) is 11.8 Å². The molecule has 1 saturated heterocycles. The van der Waals surface area contributed by atoms with Gasteiger partial charge in [-0.05, 0) is 44.4 Å². The van der Waals surface area contributed by atoms with Crippen LogP contribution in [0.4, 0.5) is 11.4 Å². The Morgan fingerprint density at radius 1 is 1.36 bits per heavy atom. The molecule has 2 aliphatic rings. The van der Waals surface area contributed by atoms with Crippen LogP contribution in [0.3, 0.4) is 0 Å². The number of nitrogens with zero attached hydrogens (tertiary/aromatic N) is 2. The minimum Gasteiger partial charge on any atom is -0.323 e. The maximum Gasteiger partial charge on any atom is 0.244 e. The Morgan fingerprint density at radius 3 is 2.91 bits per heavy atom. The Morgan fingerprint density at radius 2 is 2.14 bits per heavy atom. The highest BCUT2D eigenvalue weighted by Crippen LogP contribution is 2.30. The number of nitrogens with one attached hydrogen (secondary N) is 1. The molecule has 0 aromatic heterocycles. The molecule has 0 radical (unpaired) electrons. The zero-order valence-electron chi connectivity index (χ0n) is 13.2. The van der Waals surface area contributed by atoms with Gasteiger partial charge in [0.15, 0.2) is 0 Å². The largest absolute Gasteiger partial charge is 0.323 e. The number of benzene rings is 1. The normalized spacial score (nSPS) is 23.6. The van der Waals surface area contributed by atoms with E-state index in [-0.39, 0.29) is 24.4 Å². The molecule has 5 nitrogen and oxygen atoms in total. The zero-order valence-corrected chi connectivity index (χ0v) is 13.2. The molecule has 1 aromatic rings. The van der Waals surface area contributed by atoms with Crippen molar-refractivity contribution in [2.75, 3.05) is 29.9 Å². The van der Waals surface area contributed by atoms with Crippen molar-refractivity contribution >= 4 is 23.2 Å². The second-order valence-corrected chi connectivity index (χ2v) is 6.41. The lowest BCUT2D eigenvalue weighted by Crippen LogP contribution is -2.53. The van der Waals surface area contributed by atoms with E-state index in [4.69, 9.17) is 0 Å². The van der Waals surface area contributed by atoms with Gasteiger partial charge in [0.05, 0.1) is 17.4 Å². The van der Waals surface area contributed by atoms with E-state index in [1.807, 2.05) is 31.2 Å². The van der Waals surface area contributed by atoms with Crippen LogP contribution in [-0.4, -0.2) is 42.4 Å². The van der Waals surface area contributed by atoms with Gasteiger partial charge in [-0.2, -0.15) is 0 Å². The molecule has 0 spiro atoms. The lowest BCUT2D eigenvalue weighted by atomic mass is 9.98. The van der Waals surface area contributed by atoms with Crippen LogP contribution in [-0.2, 0) is 9.59 Å². The van der Waals surface area contributed by atoms with Gasteiger partial charge in [0.1, 0.15) is 6.54 Å². The molecule has 1 fully saturated rings. The molecule has 22 heavy (non-hydrogen) atoms. The van der Waals surface area contributed by atoms with E-state index < -0.39 is 0 Å². The van der Waals surface area contributed by atoms with Crippen LogP contribution in [0.1, 0.15) is 26.7 Å². The molecule has 0 saturated carbocycles. The minimum absolute atomic E-state index is 0.0106. The third-order valence-electron chi connectivity index (χ3n) is 4.63. The van der Waals surface area contributed by atoms with Crippen LogP contribution in [0.15, 0.2) is 24.3 Å². The third-order valence-corrected chi connectivity index (χ3v) is 4.63. The molecular weight excluding hydrogens is 278 g/mol. The number of piperidine rings is 1. The fraction of sp³-hybridized carbons (Fsp3) is 0.529. The molecule has 118 valence electrons. The number of hydrogen-bond acceptors (Lipinski definition) is 3. The number of fused-ring (bicyclic) bond motifs is 1. The predicted molar refractivity (Wildman–Crippen MR) is 86.9 cm³/mol. The Labute approximate surface area is 131 Å². The van der Waals surface area contributed by atoms with Crippen LogP contribution in [0.2, 0.25) is 0 Å². The van der Waals surface area contributed by atoms with Crippen LogP contribution in [0, 0.1) is 5.92 Å². The van der Waals surface area contributed by atoms with Gasteiger partial charge in [-0.25, -0.2) is 0 Å². The van der Waals surface area contributed by atoms with E-state index in [0.717, 1.165) is 25.2 Å².